The molecule has 3 heterocycles. The Morgan fingerprint density at radius 1 is 0.929 bits per heavy atom. The van der Waals surface area contributed by atoms with Crippen LogP contribution in [0.1, 0.15) is 33.0 Å². The van der Waals surface area contributed by atoms with E-state index < -0.39 is 0 Å². The number of hydrogen-bond acceptors (Lipinski definition) is 4. The first kappa shape index (κ1) is 17.4. The molecule has 28 heavy (non-hydrogen) atoms. The second kappa shape index (κ2) is 7.02. The lowest BCUT2D eigenvalue weighted by molar-refractivity contribution is 0.720. The van der Waals surface area contributed by atoms with Gasteiger partial charge in [0.05, 0.1) is 5.39 Å². The molecule has 140 valence electrons. The van der Waals surface area contributed by atoms with E-state index in [-0.39, 0.29) is 0 Å². The predicted octanol–water partition coefficient (Wildman–Crippen LogP) is 5.46. The van der Waals surface area contributed by atoms with Gasteiger partial charge < -0.3 is 4.90 Å². The molecule has 0 saturated heterocycles. The SMILES string of the molecule is Cc1sc2nc(Cc3ccccc3)nc(N3CCc4ccccc4C3)c2c1C. The molecule has 0 fully saturated rings. The van der Waals surface area contributed by atoms with Gasteiger partial charge in [0, 0.05) is 24.4 Å². The van der Waals surface area contributed by atoms with E-state index in [1.165, 1.54) is 32.5 Å². The molecule has 0 bridgehead atoms. The Kier molecular flexibility index (Phi) is 4.36. The largest absolute Gasteiger partial charge is 0.351 e. The van der Waals surface area contributed by atoms with Gasteiger partial charge in [-0.25, -0.2) is 9.97 Å². The van der Waals surface area contributed by atoms with Crippen molar-refractivity contribution >= 4 is 27.4 Å². The highest BCUT2D eigenvalue weighted by Gasteiger charge is 2.23. The minimum Gasteiger partial charge on any atom is -0.351 e. The molecule has 0 N–H and O–H groups in total. The van der Waals surface area contributed by atoms with E-state index in [0.29, 0.717) is 0 Å². The summed E-state index contributed by atoms with van der Waals surface area (Å²) in [5.41, 5.74) is 5.45. The van der Waals surface area contributed by atoms with Crippen molar-refractivity contribution in [3.05, 3.63) is 87.6 Å². The maximum Gasteiger partial charge on any atom is 0.141 e. The van der Waals surface area contributed by atoms with Gasteiger partial charge in [0.25, 0.3) is 0 Å². The van der Waals surface area contributed by atoms with Gasteiger partial charge in [-0.05, 0) is 42.5 Å². The van der Waals surface area contributed by atoms with Crippen LogP contribution in [0.5, 0.6) is 0 Å². The lowest BCUT2D eigenvalue weighted by Crippen LogP contribution is -2.31. The van der Waals surface area contributed by atoms with Gasteiger partial charge in [-0.3, -0.25) is 0 Å². The van der Waals surface area contributed by atoms with Crippen molar-refractivity contribution in [1.82, 2.24) is 9.97 Å². The van der Waals surface area contributed by atoms with Gasteiger partial charge in [-0.15, -0.1) is 11.3 Å². The molecule has 2 aromatic carbocycles. The van der Waals surface area contributed by atoms with Gasteiger partial charge >= 0.3 is 0 Å². The number of anilines is 1. The molecule has 0 aliphatic carbocycles. The smallest absolute Gasteiger partial charge is 0.141 e. The predicted molar refractivity (Wildman–Crippen MR) is 117 cm³/mol. The minimum absolute atomic E-state index is 0.768. The van der Waals surface area contributed by atoms with Crippen molar-refractivity contribution in [2.75, 3.05) is 11.4 Å². The quantitative estimate of drug-likeness (QED) is 0.469. The molecule has 5 rings (SSSR count). The average Bonchev–Trinajstić information content (AvgIpc) is 3.01. The number of rotatable bonds is 3. The highest BCUT2D eigenvalue weighted by atomic mass is 32.1. The van der Waals surface area contributed by atoms with Crippen LogP contribution in [-0.2, 0) is 19.4 Å². The lowest BCUT2D eigenvalue weighted by Gasteiger charge is -2.30. The topological polar surface area (TPSA) is 29.0 Å². The zero-order valence-electron chi connectivity index (χ0n) is 16.3. The maximum absolute atomic E-state index is 5.09. The Morgan fingerprint density at radius 3 is 2.50 bits per heavy atom. The lowest BCUT2D eigenvalue weighted by atomic mass is 9.99. The average molecular weight is 386 g/mol. The van der Waals surface area contributed by atoms with Crippen molar-refractivity contribution in [2.45, 2.75) is 33.2 Å². The van der Waals surface area contributed by atoms with Gasteiger partial charge in [0.15, 0.2) is 0 Å². The van der Waals surface area contributed by atoms with Gasteiger partial charge in [0.2, 0.25) is 0 Å². The van der Waals surface area contributed by atoms with Crippen LogP contribution in [0, 0.1) is 13.8 Å². The van der Waals surface area contributed by atoms with Crippen LogP contribution < -0.4 is 4.90 Å². The number of aromatic nitrogens is 2. The van der Waals surface area contributed by atoms with E-state index in [4.69, 9.17) is 9.97 Å². The summed E-state index contributed by atoms with van der Waals surface area (Å²) in [5, 5.41) is 1.23. The van der Waals surface area contributed by atoms with Gasteiger partial charge in [-0.1, -0.05) is 54.6 Å². The van der Waals surface area contributed by atoms with Crippen molar-refractivity contribution in [2.24, 2.45) is 0 Å². The zero-order valence-corrected chi connectivity index (χ0v) is 17.1. The van der Waals surface area contributed by atoms with Crippen LogP contribution in [0.4, 0.5) is 5.82 Å². The first-order valence-electron chi connectivity index (χ1n) is 9.81. The number of nitrogens with zero attached hydrogens (tertiary/aromatic N) is 3. The second-order valence-electron chi connectivity index (χ2n) is 7.53. The Hall–Kier alpha value is -2.72. The summed E-state index contributed by atoms with van der Waals surface area (Å²) in [6, 6.07) is 19.3. The summed E-state index contributed by atoms with van der Waals surface area (Å²) in [5.74, 6) is 2.01. The first-order valence-corrected chi connectivity index (χ1v) is 10.6. The third-order valence-electron chi connectivity index (χ3n) is 5.69. The number of fused-ring (bicyclic) bond motifs is 2. The normalized spacial score (nSPS) is 13.7. The van der Waals surface area contributed by atoms with E-state index in [9.17, 15) is 0 Å². The number of hydrogen-bond donors (Lipinski definition) is 0. The summed E-state index contributed by atoms with van der Waals surface area (Å²) in [4.78, 5) is 14.9. The van der Waals surface area contributed by atoms with Gasteiger partial charge in [-0.2, -0.15) is 0 Å². The summed E-state index contributed by atoms with van der Waals surface area (Å²) in [7, 11) is 0. The summed E-state index contributed by atoms with van der Waals surface area (Å²) >= 11 is 1.79. The molecule has 4 heteroatoms. The number of thiophene rings is 1. The molecule has 0 radical (unpaired) electrons. The third kappa shape index (κ3) is 3.08. The van der Waals surface area contributed by atoms with Crippen molar-refractivity contribution in [1.29, 1.82) is 0 Å². The molecule has 0 amide bonds. The van der Waals surface area contributed by atoms with Crippen molar-refractivity contribution in [3.63, 3.8) is 0 Å². The summed E-state index contributed by atoms with van der Waals surface area (Å²) in [6.45, 7) is 6.31. The van der Waals surface area contributed by atoms with Crippen LogP contribution in [0.3, 0.4) is 0 Å². The molecule has 1 aliphatic rings. The van der Waals surface area contributed by atoms with Crippen molar-refractivity contribution < 1.29 is 0 Å². The Balaban J connectivity index is 1.60. The molecule has 3 nitrogen and oxygen atoms in total. The molecule has 0 atom stereocenters. The van der Waals surface area contributed by atoms with E-state index in [1.807, 2.05) is 0 Å². The fourth-order valence-corrected chi connectivity index (χ4v) is 5.08. The van der Waals surface area contributed by atoms with Crippen LogP contribution in [0.25, 0.3) is 10.2 Å². The zero-order chi connectivity index (χ0) is 19.1. The van der Waals surface area contributed by atoms with E-state index >= 15 is 0 Å². The van der Waals surface area contributed by atoms with Crippen LogP contribution in [-0.4, -0.2) is 16.5 Å². The molecule has 0 spiro atoms. The first-order chi connectivity index (χ1) is 13.7. The second-order valence-corrected chi connectivity index (χ2v) is 8.73. The maximum atomic E-state index is 5.09. The Labute approximate surface area is 169 Å². The van der Waals surface area contributed by atoms with Crippen LogP contribution in [0.15, 0.2) is 54.6 Å². The highest BCUT2D eigenvalue weighted by molar-refractivity contribution is 7.18. The molecule has 0 saturated carbocycles. The fourth-order valence-electron chi connectivity index (χ4n) is 4.03. The van der Waals surface area contributed by atoms with Crippen LogP contribution >= 0.6 is 11.3 Å². The Morgan fingerprint density at radius 2 is 1.68 bits per heavy atom. The van der Waals surface area contributed by atoms with Gasteiger partial charge in [0.1, 0.15) is 16.5 Å². The summed E-state index contributed by atoms with van der Waals surface area (Å²) in [6.07, 6.45) is 1.84. The van der Waals surface area contributed by atoms with E-state index in [0.717, 1.165) is 42.4 Å². The molecule has 0 unspecified atom stereocenters. The molecule has 4 aromatic rings. The molecule has 2 aromatic heterocycles. The molecular weight excluding hydrogens is 362 g/mol. The monoisotopic (exact) mass is 385 g/mol. The van der Waals surface area contributed by atoms with Crippen molar-refractivity contribution in [3.8, 4) is 0 Å². The highest BCUT2D eigenvalue weighted by Crippen LogP contribution is 2.37. The van der Waals surface area contributed by atoms with Crippen LogP contribution in [0.2, 0.25) is 0 Å². The third-order valence-corrected chi connectivity index (χ3v) is 6.79. The summed E-state index contributed by atoms with van der Waals surface area (Å²) < 4.78 is 0. The minimum atomic E-state index is 0.768. The molecular formula is C24H23N3S. The number of aryl methyl sites for hydroxylation is 2. The fraction of sp³-hybridized carbons (Fsp3) is 0.250. The molecule has 1 aliphatic heterocycles. The van der Waals surface area contributed by atoms with E-state index in [2.05, 4.69) is 73.3 Å². The number of benzene rings is 2. The standard InChI is InChI=1S/C24H23N3S/c1-16-17(2)28-24-22(16)23(25-21(26-24)14-18-8-4-3-5-9-18)27-13-12-19-10-6-7-11-20(19)15-27/h3-11H,12-15H2,1-2H3. The Bertz CT molecular complexity index is 1150. The van der Waals surface area contributed by atoms with E-state index in [1.54, 1.807) is 11.3 Å².